The normalized spacial score (nSPS) is 26.3. The van der Waals surface area contributed by atoms with E-state index in [4.69, 9.17) is 23.7 Å². The number of aryl methyl sites for hydroxylation is 1. The highest BCUT2D eigenvalue weighted by atomic mass is 16.7. The lowest BCUT2D eigenvalue weighted by Gasteiger charge is -2.38. The number of anilines is 1. The quantitative estimate of drug-likeness (QED) is 0.0789. The average molecular weight is 728 g/mol. The fraction of sp³-hybridized carbons (Fsp3) is 0.426. The Morgan fingerprint density at radius 1 is 0.741 bits per heavy atom. The topological polar surface area (TPSA) is 75.3 Å². The molecule has 4 aromatic carbocycles. The monoisotopic (exact) mass is 727 g/mol. The highest BCUT2D eigenvalue weighted by molar-refractivity contribution is 5.72. The van der Waals surface area contributed by atoms with Crippen molar-refractivity contribution in [2.75, 3.05) is 18.5 Å². The van der Waals surface area contributed by atoms with Crippen LogP contribution in [-0.2, 0) is 40.4 Å². The number of esters is 1. The van der Waals surface area contributed by atoms with E-state index in [0.29, 0.717) is 12.8 Å². The molecule has 8 rings (SSSR count). The lowest BCUT2D eigenvalue weighted by atomic mass is 9.77. The fourth-order valence-electron chi connectivity index (χ4n) is 8.86. The van der Waals surface area contributed by atoms with Gasteiger partial charge in [-0.3, -0.25) is 4.79 Å². The summed E-state index contributed by atoms with van der Waals surface area (Å²) in [6.07, 6.45) is 12.7. The van der Waals surface area contributed by atoms with Gasteiger partial charge in [-0.2, -0.15) is 0 Å². The van der Waals surface area contributed by atoms with Crippen molar-refractivity contribution in [2.45, 2.75) is 101 Å². The Labute approximate surface area is 320 Å². The molecule has 1 aliphatic carbocycles. The van der Waals surface area contributed by atoms with Crippen LogP contribution in [-0.4, -0.2) is 50.1 Å². The number of ether oxygens (including phenoxy) is 5. The number of fused-ring (bicyclic) bond motifs is 1. The highest BCUT2D eigenvalue weighted by Gasteiger charge is 2.50. The van der Waals surface area contributed by atoms with Gasteiger partial charge in [-0.05, 0) is 85.8 Å². The van der Waals surface area contributed by atoms with Crippen molar-refractivity contribution in [1.29, 1.82) is 0 Å². The number of hydrogen-bond acceptors (Lipinski definition) is 7. The molecule has 0 amide bonds. The molecule has 7 heteroatoms. The summed E-state index contributed by atoms with van der Waals surface area (Å²) < 4.78 is 30.9. The Hall–Kier alpha value is -4.27. The van der Waals surface area contributed by atoms with E-state index in [0.717, 1.165) is 70.3 Å². The Kier molecular flexibility index (Phi) is 11.9. The van der Waals surface area contributed by atoms with E-state index in [1.807, 2.05) is 0 Å². The van der Waals surface area contributed by atoms with E-state index in [1.165, 1.54) is 22.3 Å². The lowest BCUT2D eigenvalue weighted by Crippen LogP contribution is -2.38. The van der Waals surface area contributed by atoms with Gasteiger partial charge in [0.15, 0.2) is 12.6 Å². The van der Waals surface area contributed by atoms with Crippen LogP contribution in [0, 0.1) is 11.8 Å². The second kappa shape index (κ2) is 17.5. The number of nitrogens with one attached hydrogen (secondary N) is 1. The van der Waals surface area contributed by atoms with E-state index in [1.54, 1.807) is 0 Å². The highest BCUT2D eigenvalue weighted by Crippen LogP contribution is 2.45. The van der Waals surface area contributed by atoms with E-state index in [2.05, 4.69) is 133 Å². The largest absolute Gasteiger partial charge is 0.462 e. The van der Waals surface area contributed by atoms with Crippen molar-refractivity contribution in [1.82, 2.24) is 0 Å². The Morgan fingerprint density at radius 3 is 1.91 bits per heavy atom. The molecule has 4 aliphatic rings. The van der Waals surface area contributed by atoms with E-state index < -0.39 is 5.54 Å². The maximum absolute atomic E-state index is 12.3. The van der Waals surface area contributed by atoms with Crippen LogP contribution in [0.2, 0.25) is 0 Å². The van der Waals surface area contributed by atoms with Gasteiger partial charge in [-0.25, -0.2) is 0 Å². The van der Waals surface area contributed by atoms with E-state index in [-0.39, 0.29) is 48.7 Å². The van der Waals surface area contributed by atoms with Gasteiger partial charge in [0.25, 0.3) is 0 Å². The molecular formula is C47H53NO6. The molecule has 0 radical (unpaired) electrons. The molecule has 7 atom stereocenters. The molecule has 282 valence electrons. The molecule has 4 aromatic rings. The van der Waals surface area contributed by atoms with Gasteiger partial charge in [0, 0.05) is 37.2 Å². The van der Waals surface area contributed by atoms with Gasteiger partial charge in [0.05, 0.1) is 18.6 Å². The van der Waals surface area contributed by atoms with Crippen LogP contribution in [0.15, 0.2) is 127 Å². The molecular weight excluding hydrogens is 675 g/mol. The van der Waals surface area contributed by atoms with Crippen LogP contribution in [0.3, 0.4) is 0 Å². The molecule has 2 unspecified atom stereocenters. The number of carbonyl (C=O) groups is 1. The van der Waals surface area contributed by atoms with Crippen molar-refractivity contribution >= 4 is 11.7 Å². The van der Waals surface area contributed by atoms with Crippen molar-refractivity contribution in [3.63, 3.8) is 0 Å². The molecule has 1 N–H and O–H groups in total. The zero-order valence-corrected chi connectivity index (χ0v) is 31.1. The molecule has 54 heavy (non-hydrogen) atoms. The predicted molar refractivity (Wildman–Crippen MR) is 210 cm³/mol. The van der Waals surface area contributed by atoms with Crippen molar-refractivity contribution in [2.24, 2.45) is 11.8 Å². The van der Waals surface area contributed by atoms with Gasteiger partial charge < -0.3 is 29.0 Å². The zero-order valence-electron chi connectivity index (χ0n) is 31.1. The first kappa shape index (κ1) is 36.7. The minimum Gasteiger partial charge on any atom is -0.462 e. The molecule has 7 nitrogen and oxygen atoms in total. The summed E-state index contributed by atoms with van der Waals surface area (Å²) in [5, 5.41) is 3.99. The fourth-order valence-corrected chi connectivity index (χ4v) is 8.86. The third kappa shape index (κ3) is 8.50. The molecule has 1 saturated carbocycles. The minimum absolute atomic E-state index is 0.0474. The number of hydrogen-bond donors (Lipinski definition) is 1. The van der Waals surface area contributed by atoms with Crippen molar-refractivity contribution < 1.29 is 28.5 Å². The first-order valence-electron chi connectivity index (χ1n) is 20.1. The minimum atomic E-state index is -0.589. The average Bonchev–Trinajstić information content (AvgIpc) is 3.75. The Bertz CT molecular complexity index is 1690. The summed E-state index contributed by atoms with van der Waals surface area (Å²) in [7, 11) is 0. The maximum Gasteiger partial charge on any atom is 0.306 e. The molecule has 3 aliphatic heterocycles. The molecule has 3 heterocycles. The Morgan fingerprint density at radius 2 is 1.33 bits per heavy atom. The first-order valence-corrected chi connectivity index (χ1v) is 20.1. The summed E-state index contributed by atoms with van der Waals surface area (Å²) >= 11 is 0. The molecule has 4 fully saturated rings. The summed E-state index contributed by atoms with van der Waals surface area (Å²) in [6, 6.07) is 40.9. The summed E-state index contributed by atoms with van der Waals surface area (Å²) in [4.78, 5) is 12.3. The second-order valence-corrected chi connectivity index (χ2v) is 15.2. The molecule has 0 spiro atoms. The smallest absolute Gasteiger partial charge is 0.306 e. The van der Waals surface area contributed by atoms with Gasteiger partial charge in [-0.1, -0.05) is 115 Å². The molecule has 0 aromatic heterocycles. The van der Waals surface area contributed by atoms with Crippen LogP contribution >= 0.6 is 0 Å². The van der Waals surface area contributed by atoms with Gasteiger partial charge in [0.2, 0.25) is 0 Å². The SMILES string of the molecule is O=C1C[C@@H]2[C@@H](C=C[C@H](CCc3ccc(NC(c4ccccc4)(c4ccccc4)c4ccccc4)cc3)OC3CCCCO3)[C@H](OC3CCCCO3)C[C@@H]2O1. The van der Waals surface area contributed by atoms with Crippen LogP contribution in [0.1, 0.15) is 80.0 Å². The number of carbonyl (C=O) groups excluding carboxylic acids is 1. The third-order valence-corrected chi connectivity index (χ3v) is 11.7. The van der Waals surface area contributed by atoms with Crippen LogP contribution in [0.25, 0.3) is 0 Å². The van der Waals surface area contributed by atoms with Gasteiger partial charge in [-0.15, -0.1) is 0 Å². The third-order valence-electron chi connectivity index (χ3n) is 11.7. The first-order chi connectivity index (χ1) is 26.6. The van der Waals surface area contributed by atoms with Crippen LogP contribution < -0.4 is 5.32 Å². The number of benzene rings is 4. The maximum atomic E-state index is 12.3. The van der Waals surface area contributed by atoms with Crippen LogP contribution in [0.5, 0.6) is 0 Å². The summed E-state index contributed by atoms with van der Waals surface area (Å²) in [5.74, 6) is 0.0733. The Balaban J connectivity index is 1.01. The molecule has 3 saturated heterocycles. The van der Waals surface area contributed by atoms with Crippen molar-refractivity contribution in [3.8, 4) is 0 Å². The summed E-state index contributed by atoms with van der Waals surface area (Å²) in [6.45, 7) is 1.47. The van der Waals surface area contributed by atoms with Crippen LogP contribution in [0.4, 0.5) is 5.69 Å². The molecule has 0 bridgehead atoms. The van der Waals surface area contributed by atoms with E-state index in [9.17, 15) is 4.79 Å². The standard InChI is InChI=1S/C47H53NO6/c49-44-32-41-40(42(33-43(41)53-44)54-46-21-11-13-31-51-46)29-28-39(52-45-20-10-12-30-50-45)27-24-34-22-25-38(26-23-34)48-47(35-14-4-1-5-15-35,36-16-6-2-7-17-36)37-18-8-3-9-19-37/h1-9,14-19,22-23,25-26,28-29,39-43,45-46,48H,10-13,20-21,24,27,30-33H2/t39-,40+,41+,42+,43-,45?,46?/m0/s1. The summed E-state index contributed by atoms with van der Waals surface area (Å²) in [5.41, 5.74) is 5.20. The van der Waals surface area contributed by atoms with Gasteiger partial charge in [0.1, 0.15) is 11.6 Å². The van der Waals surface area contributed by atoms with Crippen molar-refractivity contribution in [3.05, 3.63) is 150 Å². The predicted octanol–water partition coefficient (Wildman–Crippen LogP) is 9.35. The second-order valence-electron chi connectivity index (χ2n) is 15.2. The van der Waals surface area contributed by atoms with E-state index >= 15 is 0 Å². The van der Waals surface area contributed by atoms with Gasteiger partial charge >= 0.3 is 5.97 Å². The number of rotatable bonds is 14. The lowest BCUT2D eigenvalue weighted by molar-refractivity contribution is -0.194. The zero-order chi connectivity index (χ0) is 36.6.